The van der Waals surface area contributed by atoms with E-state index in [0.29, 0.717) is 0 Å². The second-order valence-electron chi connectivity index (χ2n) is 6.93. The van der Waals surface area contributed by atoms with Crippen molar-refractivity contribution in [3.05, 3.63) is 0 Å². The minimum atomic E-state index is -1.55. The number of aliphatic hydroxyl groups is 1. The second kappa shape index (κ2) is 4.96. The number of carbonyl (C=O) groups is 1. The lowest BCUT2D eigenvalue weighted by Crippen LogP contribution is -2.65. The van der Waals surface area contributed by atoms with Gasteiger partial charge in [-0.1, -0.05) is 6.92 Å². The minimum absolute atomic E-state index is 0.165. The Morgan fingerprint density at radius 3 is 2.50 bits per heavy atom. The van der Waals surface area contributed by atoms with Crippen molar-refractivity contribution in [2.45, 2.75) is 82.8 Å². The molecule has 3 saturated heterocycles. The quantitative estimate of drug-likeness (QED) is 0.821. The molecule has 5 atom stereocenters. The third-order valence-electron chi connectivity index (χ3n) is 4.24. The van der Waals surface area contributed by atoms with Crippen LogP contribution in [-0.4, -0.2) is 59.3 Å². The van der Waals surface area contributed by atoms with Crippen molar-refractivity contribution in [1.82, 2.24) is 0 Å². The summed E-state index contributed by atoms with van der Waals surface area (Å²) in [4.78, 5) is 12.0. The maximum Gasteiger partial charge on any atom is 0.234 e. The van der Waals surface area contributed by atoms with Crippen molar-refractivity contribution in [1.29, 1.82) is 0 Å². The van der Waals surface area contributed by atoms with Crippen LogP contribution in [0.4, 0.5) is 0 Å². The predicted molar refractivity (Wildman–Crippen MR) is 73.8 cm³/mol. The van der Waals surface area contributed by atoms with Gasteiger partial charge in [-0.25, -0.2) is 0 Å². The molecular formula is C15H24O7. The molecule has 0 aromatic carbocycles. The number of carbonyl (C=O) groups excluding carboxylic acids is 1. The number of ketones is 1. The molecule has 0 aliphatic carbocycles. The Labute approximate surface area is 129 Å². The van der Waals surface area contributed by atoms with E-state index in [2.05, 4.69) is 0 Å². The largest absolute Gasteiger partial charge is 0.380 e. The van der Waals surface area contributed by atoms with Gasteiger partial charge in [-0.3, -0.25) is 4.79 Å². The number of hydrogen-bond donors (Lipinski definition) is 1. The lowest BCUT2D eigenvalue weighted by Gasteiger charge is -2.42. The Hall–Kier alpha value is -0.570. The molecule has 3 rings (SSSR count). The Bertz CT molecular complexity index is 475. The van der Waals surface area contributed by atoms with Crippen LogP contribution >= 0.6 is 0 Å². The van der Waals surface area contributed by atoms with Crippen LogP contribution in [-0.2, 0) is 28.5 Å². The standard InChI is InChI=1S/C15H24O7/c1-6-8(16)11(17)15-12(21-14(4,5)22-15)10-9(7-18-15)19-13(2,3)20-10/h9-12,17H,6-7H2,1-5H3/t9-,10-,11-,12+,15+/m1/s1. The van der Waals surface area contributed by atoms with E-state index in [1.54, 1.807) is 20.8 Å². The first-order valence-electron chi connectivity index (χ1n) is 7.68. The summed E-state index contributed by atoms with van der Waals surface area (Å²) < 4.78 is 29.3. The van der Waals surface area contributed by atoms with Gasteiger partial charge in [0.25, 0.3) is 0 Å². The van der Waals surface area contributed by atoms with Crippen LogP contribution in [0.3, 0.4) is 0 Å². The SMILES string of the molecule is CCC(=O)[C@@H](O)[C@@]12OC[C@H]3OC(C)(C)O[C@H]3[C@@H]1OC(C)(C)O2. The highest BCUT2D eigenvalue weighted by Crippen LogP contribution is 2.49. The Balaban J connectivity index is 1.96. The first kappa shape index (κ1) is 16.3. The van der Waals surface area contributed by atoms with Gasteiger partial charge < -0.3 is 28.8 Å². The second-order valence-corrected chi connectivity index (χ2v) is 6.93. The molecule has 0 amide bonds. The van der Waals surface area contributed by atoms with Gasteiger partial charge in [-0.05, 0) is 27.7 Å². The molecule has 3 aliphatic heterocycles. The third kappa shape index (κ3) is 2.40. The number of rotatable bonds is 3. The fraction of sp³-hybridized carbons (Fsp3) is 0.933. The van der Waals surface area contributed by atoms with Crippen LogP contribution < -0.4 is 0 Å². The first-order valence-corrected chi connectivity index (χ1v) is 7.68. The summed E-state index contributed by atoms with van der Waals surface area (Å²) in [5, 5.41) is 10.5. The summed E-state index contributed by atoms with van der Waals surface area (Å²) in [7, 11) is 0. The van der Waals surface area contributed by atoms with Gasteiger partial charge in [-0.15, -0.1) is 0 Å². The smallest absolute Gasteiger partial charge is 0.234 e. The molecule has 0 spiro atoms. The Morgan fingerprint density at radius 2 is 1.86 bits per heavy atom. The Kier molecular flexibility index (Phi) is 3.67. The molecule has 3 fully saturated rings. The van der Waals surface area contributed by atoms with Crippen molar-refractivity contribution in [2.24, 2.45) is 0 Å². The molecule has 0 radical (unpaired) electrons. The molecule has 0 aromatic heterocycles. The molecule has 22 heavy (non-hydrogen) atoms. The van der Waals surface area contributed by atoms with Gasteiger partial charge in [-0.2, -0.15) is 0 Å². The van der Waals surface area contributed by atoms with Crippen LogP contribution in [0.2, 0.25) is 0 Å². The number of Topliss-reactive ketones (excluding diaryl/α,β-unsaturated/α-hetero) is 1. The highest BCUT2D eigenvalue weighted by Gasteiger charge is 2.68. The van der Waals surface area contributed by atoms with E-state index in [9.17, 15) is 9.90 Å². The van der Waals surface area contributed by atoms with Gasteiger partial charge in [0.15, 0.2) is 23.5 Å². The van der Waals surface area contributed by atoms with E-state index in [-0.39, 0.29) is 24.9 Å². The topological polar surface area (TPSA) is 83.5 Å². The van der Waals surface area contributed by atoms with E-state index in [0.717, 1.165) is 0 Å². The van der Waals surface area contributed by atoms with Crippen LogP contribution in [0.25, 0.3) is 0 Å². The van der Waals surface area contributed by atoms with E-state index in [1.165, 1.54) is 0 Å². The van der Waals surface area contributed by atoms with Gasteiger partial charge in [0.05, 0.1) is 6.61 Å². The molecule has 0 aromatic rings. The van der Waals surface area contributed by atoms with Gasteiger partial charge in [0.1, 0.15) is 18.3 Å². The van der Waals surface area contributed by atoms with Crippen LogP contribution in [0.15, 0.2) is 0 Å². The maximum absolute atomic E-state index is 12.0. The molecular weight excluding hydrogens is 292 g/mol. The average molecular weight is 316 g/mol. The lowest BCUT2D eigenvalue weighted by molar-refractivity contribution is -0.311. The van der Waals surface area contributed by atoms with Crippen molar-refractivity contribution in [3.63, 3.8) is 0 Å². The lowest BCUT2D eigenvalue weighted by atomic mass is 9.90. The minimum Gasteiger partial charge on any atom is -0.380 e. The van der Waals surface area contributed by atoms with Crippen LogP contribution in [0.1, 0.15) is 41.0 Å². The molecule has 7 nitrogen and oxygen atoms in total. The van der Waals surface area contributed by atoms with Crippen molar-refractivity contribution in [2.75, 3.05) is 6.61 Å². The van der Waals surface area contributed by atoms with Crippen molar-refractivity contribution >= 4 is 5.78 Å². The van der Waals surface area contributed by atoms with E-state index >= 15 is 0 Å². The van der Waals surface area contributed by atoms with Crippen molar-refractivity contribution < 1.29 is 33.6 Å². The Morgan fingerprint density at radius 1 is 1.18 bits per heavy atom. The van der Waals surface area contributed by atoms with Gasteiger partial charge in [0, 0.05) is 6.42 Å². The van der Waals surface area contributed by atoms with Crippen LogP contribution in [0, 0.1) is 0 Å². The highest BCUT2D eigenvalue weighted by atomic mass is 16.9. The van der Waals surface area contributed by atoms with Crippen LogP contribution in [0.5, 0.6) is 0 Å². The summed E-state index contributed by atoms with van der Waals surface area (Å²) in [6.45, 7) is 8.90. The summed E-state index contributed by atoms with van der Waals surface area (Å²) in [6.07, 6.45) is -2.79. The fourth-order valence-electron chi connectivity index (χ4n) is 3.43. The monoisotopic (exact) mass is 316 g/mol. The molecule has 0 saturated carbocycles. The normalized spacial score (nSPS) is 43.5. The number of fused-ring (bicyclic) bond motifs is 3. The summed E-state index contributed by atoms with van der Waals surface area (Å²) in [5.41, 5.74) is 0. The van der Waals surface area contributed by atoms with E-state index < -0.39 is 35.7 Å². The van der Waals surface area contributed by atoms with Crippen molar-refractivity contribution in [3.8, 4) is 0 Å². The fourth-order valence-corrected chi connectivity index (χ4v) is 3.43. The van der Waals surface area contributed by atoms with E-state index in [4.69, 9.17) is 23.7 Å². The number of ether oxygens (including phenoxy) is 5. The number of hydrogen-bond acceptors (Lipinski definition) is 7. The molecule has 0 bridgehead atoms. The number of aliphatic hydroxyl groups excluding tert-OH is 1. The highest BCUT2D eigenvalue weighted by molar-refractivity contribution is 5.83. The average Bonchev–Trinajstić information content (AvgIpc) is 2.88. The zero-order valence-corrected chi connectivity index (χ0v) is 13.6. The molecule has 7 heteroatoms. The summed E-state index contributed by atoms with van der Waals surface area (Å²) in [5.74, 6) is -3.68. The predicted octanol–water partition coefficient (Wildman–Crippen LogP) is 0.724. The zero-order valence-electron chi connectivity index (χ0n) is 13.6. The van der Waals surface area contributed by atoms with E-state index in [1.807, 2.05) is 13.8 Å². The molecule has 3 heterocycles. The third-order valence-corrected chi connectivity index (χ3v) is 4.24. The van der Waals surface area contributed by atoms with Gasteiger partial charge in [0.2, 0.25) is 5.79 Å². The first-order chi connectivity index (χ1) is 10.1. The molecule has 126 valence electrons. The molecule has 1 N–H and O–H groups in total. The zero-order chi connectivity index (χ0) is 16.3. The maximum atomic E-state index is 12.0. The molecule has 0 unspecified atom stereocenters. The summed E-state index contributed by atoms with van der Waals surface area (Å²) >= 11 is 0. The molecule has 3 aliphatic rings. The summed E-state index contributed by atoms with van der Waals surface area (Å²) in [6, 6.07) is 0. The van der Waals surface area contributed by atoms with Gasteiger partial charge >= 0.3 is 0 Å².